The zero-order chi connectivity index (χ0) is 13.2. The molecule has 0 bridgehead atoms. The average Bonchev–Trinajstić information content (AvgIpc) is 3.03. The molecule has 0 atom stereocenters. The van der Waals surface area contributed by atoms with Gasteiger partial charge < -0.3 is 15.1 Å². The first-order valence-corrected chi connectivity index (χ1v) is 6.24. The molecule has 5 nitrogen and oxygen atoms in total. The third-order valence-electron chi connectivity index (χ3n) is 3.31. The maximum absolute atomic E-state index is 11.9. The summed E-state index contributed by atoms with van der Waals surface area (Å²) in [5.41, 5.74) is 4.34. The fourth-order valence-corrected chi connectivity index (χ4v) is 2.24. The van der Waals surface area contributed by atoms with E-state index in [1.54, 1.807) is 6.92 Å². The topological polar surface area (TPSA) is 67.2 Å². The maximum Gasteiger partial charge on any atom is 0.289 e. The number of fused-ring (bicyclic) bond motifs is 1. The Morgan fingerprint density at radius 2 is 2.26 bits per heavy atom. The van der Waals surface area contributed by atoms with Crippen LogP contribution in [0, 0.1) is 6.92 Å². The van der Waals surface area contributed by atoms with Crippen LogP contribution < -0.4 is 10.6 Å². The number of benzene rings is 1. The number of hydrogen-bond acceptors (Lipinski definition) is 4. The summed E-state index contributed by atoms with van der Waals surface area (Å²) < 4.78 is 5.06. The Morgan fingerprint density at radius 1 is 1.42 bits per heavy atom. The molecule has 5 heteroatoms. The summed E-state index contributed by atoms with van der Waals surface area (Å²) in [6.07, 6.45) is 1.28. The zero-order valence-corrected chi connectivity index (χ0v) is 10.7. The molecule has 1 aromatic heterocycles. The number of rotatable bonds is 3. The average molecular weight is 257 g/mol. The van der Waals surface area contributed by atoms with E-state index in [4.69, 9.17) is 4.42 Å². The highest BCUT2D eigenvalue weighted by Gasteiger charge is 2.14. The van der Waals surface area contributed by atoms with Gasteiger partial charge in [0.2, 0.25) is 5.76 Å². The van der Waals surface area contributed by atoms with Crippen LogP contribution in [0.25, 0.3) is 0 Å². The van der Waals surface area contributed by atoms with Gasteiger partial charge in [0.1, 0.15) is 0 Å². The standard InChI is InChI=1S/C14H15N3O2/c1-9-13(19-8-17-9)14(18)16-5-10-2-3-11-6-15-7-12(11)4-10/h2-4,8,15H,5-7H2,1H3,(H,16,18). The first kappa shape index (κ1) is 11.9. The molecular formula is C14H15N3O2. The van der Waals surface area contributed by atoms with E-state index >= 15 is 0 Å². The molecule has 0 saturated heterocycles. The molecule has 19 heavy (non-hydrogen) atoms. The van der Waals surface area contributed by atoms with E-state index in [9.17, 15) is 4.79 Å². The molecule has 1 aliphatic rings. The van der Waals surface area contributed by atoms with E-state index in [1.807, 2.05) is 6.07 Å². The highest BCUT2D eigenvalue weighted by molar-refractivity contribution is 5.92. The minimum atomic E-state index is -0.228. The van der Waals surface area contributed by atoms with Gasteiger partial charge in [0.25, 0.3) is 5.91 Å². The SMILES string of the molecule is Cc1ncoc1C(=O)NCc1ccc2c(c1)CNC2. The van der Waals surface area contributed by atoms with Crippen LogP contribution in [0.15, 0.2) is 29.0 Å². The summed E-state index contributed by atoms with van der Waals surface area (Å²) in [6, 6.07) is 6.28. The molecule has 1 aliphatic heterocycles. The van der Waals surface area contributed by atoms with Crippen LogP contribution in [-0.4, -0.2) is 10.9 Å². The van der Waals surface area contributed by atoms with Gasteiger partial charge in [-0.05, 0) is 23.6 Å². The normalized spacial score (nSPS) is 13.3. The lowest BCUT2D eigenvalue weighted by molar-refractivity contribution is 0.0922. The quantitative estimate of drug-likeness (QED) is 0.874. The predicted octanol–water partition coefficient (Wildman–Crippen LogP) is 1.52. The molecule has 0 radical (unpaired) electrons. The number of hydrogen-bond donors (Lipinski definition) is 2. The van der Waals surface area contributed by atoms with Crippen molar-refractivity contribution in [3.05, 3.63) is 52.7 Å². The molecule has 2 N–H and O–H groups in total. The minimum absolute atomic E-state index is 0.228. The fraction of sp³-hybridized carbons (Fsp3) is 0.286. The summed E-state index contributed by atoms with van der Waals surface area (Å²) in [4.78, 5) is 15.8. The second kappa shape index (κ2) is 4.85. The van der Waals surface area contributed by atoms with E-state index < -0.39 is 0 Å². The van der Waals surface area contributed by atoms with Crippen molar-refractivity contribution in [2.75, 3.05) is 0 Å². The van der Waals surface area contributed by atoms with Crippen LogP contribution in [-0.2, 0) is 19.6 Å². The highest BCUT2D eigenvalue weighted by Crippen LogP contribution is 2.17. The van der Waals surface area contributed by atoms with E-state index in [1.165, 1.54) is 17.5 Å². The Hall–Kier alpha value is -2.14. The highest BCUT2D eigenvalue weighted by atomic mass is 16.3. The minimum Gasteiger partial charge on any atom is -0.438 e. The Balaban J connectivity index is 1.66. The van der Waals surface area contributed by atoms with Gasteiger partial charge in [0.05, 0.1) is 5.69 Å². The van der Waals surface area contributed by atoms with E-state index in [-0.39, 0.29) is 11.7 Å². The van der Waals surface area contributed by atoms with Gasteiger partial charge in [-0.2, -0.15) is 0 Å². The van der Waals surface area contributed by atoms with Crippen molar-refractivity contribution in [1.29, 1.82) is 0 Å². The monoisotopic (exact) mass is 257 g/mol. The number of carbonyl (C=O) groups excluding carboxylic acids is 1. The summed E-state index contributed by atoms with van der Waals surface area (Å²) in [5, 5.41) is 6.14. The van der Waals surface area contributed by atoms with Crippen LogP contribution in [0.3, 0.4) is 0 Å². The molecule has 0 saturated carbocycles. The van der Waals surface area contributed by atoms with Gasteiger partial charge in [-0.25, -0.2) is 4.98 Å². The zero-order valence-electron chi connectivity index (χ0n) is 10.7. The summed E-state index contributed by atoms with van der Waals surface area (Å²) in [5.74, 6) is 0.0523. The van der Waals surface area contributed by atoms with Crippen LogP contribution >= 0.6 is 0 Å². The van der Waals surface area contributed by atoms with Gasteiger partial charge in [-0.1, -0.05) is 18.2 Å². The molecule has 1 aromatic carbocycles. The molecule has 2 heterocycles. The molecule has 3 rings (SSSR count). The largest absolute Gasteiger partial charge is 0.438 e. The lowest BCUT2D eigenvalue weighted by Crippen LogP contribution is -2.23. The van der Waals surface area contributed by atoms with Gasteiger partial charge in [-0.3, -0.25) is 4.79 Å². The molecular weight excluding hydrogens is 242 g/mol. The second-order valence-electron chi connectivity index (χ2n) is 4.66. The third-order valence-corrected chi connectivity index (χ3v) is 3.31. The molecule has 1 amide bonds. The van der Waals surface area contributed by atoms with Crippen LogP contribution in [0.5, 0.6) is 0 Å². The van der Waals surface area contributed by atoms with Crippen molar-refractivity contribution in [3.63, 3.8) is 0 Å². The first-order valence-electron chi connectivity index (χ1n) is 6.24. The van der Waals surface area contributed by atoms with E-state index in [2.05, 4.69) is 27.8 Å². The predicted molar refractivity (Wildman–Crippen MR) is 69.4 cm³/mol. The Labute approximate surface area is 111 Å². The van der Waals surface area contributed by atoms with Crippen molar-refractivity contribution in [1.82, 2.24) is 15.6 Å². The van der Waals surface area contributed by atoms with Gasteiger partial charge in [-0.15, -0.1) is 0 Å². The van der Waals surface area contributed by atoms with E-state index in [0.717, 1.165) is 18.7 Å². The Kier molecular flexibility index (Phi) is 3.05. The van der Waals surface area contributed by atoms with Crippen molar-refractivity contribution in [2.24, 2.45) is 0 Å². The molecule has 98 valence electrons. The smallest absolute Gasteiger partial charge is 0.289 e. The second-order valence-corrected chi connectivity index (χ2v) is 4.66. The number of amides is 1. The summed E-state index contributed by atoms with van der Waals surface area (Å²) >= 11 is 0. The summed E-state index contributed by atoms with van der Waals surface area (Å²) in [6.45, 7) is 4.07. The van der Waals surface area contributed by atoms with E-state index in [0.29, 0.717) is 12.2 Å². The Bertz CT molecular complexity index is 619. The van der Waals surface area contributed by atoms with Gasteiger partial charge in [0.15, 0.2) is 6.39 Å². The van der Waals surface area contributed by atoms with Crippen molar-refractivity contribution < 1.29 is 9.21 Å². The van der Waals surface area contributed by atoms with Gasteiger partial charge >= 0.3 is 0 Å². The third kappa shape index (κ3) is 2.37. The lowest BCUT2D eigenvalue weighted by Gasteiger charge is -2.06. The number of oxazole rings is 1. The van der Waals surface area contributed by atoms with Crippen LogP contribution in [0.1, 0.15) is 32.9 Å². The molecule has 0 unspecified atom stereocenters. The first-order chi connectivity index (χ1) is 9.24. The fourth-order valence-electron chi connectivity index (χ4n) is 2.24. The molecule has 0 fully saturated rings. The van der Waals surface area contributed by atoms with Gasteiger partial charge in [0, 0.05) is 19.6 Å². The molecule has 0 aliphatic carbocycles. The van der Waals surface area contributed by atoms with Crippen LogP contribution in [0.4, 0.5) is 0 Å². The number of nitrogens with one attached hydrogen (secondary N) is 2. The Morgan fingerprint density at radius 3 is 3.05 bits per heavy atom. The molecule has 0 spiro atoms. The number of nitrogens with zero attached hydrogens (tertiary/aromatic N) is 1. The number of aryl methyl sites for hydroxylation is 1. The van der Waals surface area contributed by atoms with Crippen LogP contribution in [0.2, 0.25) is 0 Å². The maximum atomic E-state index is 11.9. The van der Waals surface area contributed by atoms with Crippen molar-refractivity contribution in [2.45, 2.75) is 26.6 Å². The lowest BCUT2D eigenvalue weighted by atomic mass is 10.1. The number of aromatic nitrogens is 1. The van der Waals surface area contributed by atoms with Crippen molar-refractivity contribution >= 4 is 5.91 Å². The number of carbonyl (C=O) groups is 1. The molecule has 2 aromatic rings. The van der Waals surface area contributed by atoms with Crippen molar-refractivity contribution in [3.8, 4) is 0 Å². The summed E-state index contributed by atoms with van der Waals surface area (Å²) in [7, 11) is 0.